The van der Waals surface area contributed by atoms with E-state index in [1.807, 2.05) is 5.38 Å². The van der Waals surface area contributed by atoms with Gasteiger partial charge in [-0.1, -0.05) is 0 Å². The highest BCUT2D eigenvalue weighted by atomic mass is 79.9. The Bertz CT molecular complexity index is 236. The zero-order valence-electron chi connectivity index (χ0n) is 5.92. The van der Waals surface area contributed by atoms with Gasteiger partial charge in [0.25, 0.3) is 0 Å². The SMILES string of the molecule is O=CCCCc1csc(Br)n1. The highest BCUT2D eigenvalue weighted by Crippen LogP contribution is 2.16. The lowest BCUT2D eigenvalue weighted by Gasteiger charge is -1.89. The van der Waals surface area contributed by atoms with Crippen molar-refractivity contribution in [3.05, 3.63) is 15.0 Å². The molecule has 0 atom stereocenters. The van der Waals surface area contributed by atoms with Gasteiger partial charge < -0.3 is 4.79 Å². The fourth-order valence-corrected chi connectivity index (χ4v) is 1.85. The molecule has 1 rings (SSSR count). The maximum Gasteiger partial charge on any atom is 0.159 e. The van der Waals surface area contributed by atoms with Crippen LogP contribution in [0.4, 0.5) is 0 Å². The van der Waals surface area contributed by atoms with Gasteiger partial charge in [-0.3, -0.25) is 0 Å². The third-order valence-electron chi connectivity index (χ3n) is 1.28. The molecular formula is C7H8BrNOS. The molecule has 1 aromatic rings. The van der Waals surface area contributed by atoms with Crippen LogP contribution in [0.15, 0.2) is 9.30 Å². The zero-order chi connectivity index (χ0) is 8.10. The molecule has 0 N–H and O–H groups in total. The van der Waals surface area contributed by atoms with Crippen LogP contribution in [-0.4, -0.2) is 11.3 Å². The number of unbranched alkanes of at least 4 members (excludes halogenated alkanes) is 1. The summed E-state index contributed by atoms with van der Waals surface area (Å²) in [6.45, 7) is 0. The van der Waals surface area contributed by atoms with E-state index in [1.54, 1.807) is 11.3 Å². The number of aldehydes is 1. The monoisotopic (exact) mass is 233 g/mol. The molecule has 1 heterocycles. The Morgan fingerprint density at radius 2 is 2.55 bits per heavy atom. The first-order valence-electron chi connectivity index (χ1n) is 3.36. The predicted molar refractivity (Wildman–Crippen MR) is 48.8 cm³/mol. The van der Waals surface area contributed by atoms with E-state index in [2.05, 4.69) is 20.9 Å². The molecule has 0 saturated carbocycles. The van der Waals surface area contributed by atoms with Crippen molar-refractivity contribution in [2.75, 3.05) is 0 Å². The largest absolute Gasteiger partial charge is 0.303 e. The first-order valence-corrected chi connectivity index (χ1v) is 5.03. The Labute approximate surface area is 77.8 Å². The molecule has 0 aliphatic carbocycles. The second-order valence-electron chi connectivity index (χ2n) is 2.15. The number of nitrogens with zero attached hydrogens (tertiary/aromatic N) is 1. The molecule has 0 aromatic carbocycles. The van der Waals surface area contributed by atoms with Crippen molar-refractivity contribution < 1.29 is 4.79 Å². The van der Waals surface area contributed by atoms with E-state index in [4.69, 9.17) is 0 Å². The Hall–Kier alpha value is -0.220. The number of hydrogen-bond acceptors (Lipinski definition) is 3. The van der Waals surface area contributed by atoms with Crippen LogP contribution in [0.3, 0.4) is 0 Å². The number of carbonyl (C=O) groups is 1. The molecule has 4 heteroatoms. The van der Waals surface area contributed by atoms with Gasteiger partial charge in [-0.25, -0.2) is 4.98 Å². The van der Waals surface area contributed by atoms with Crippen LogP contribution >= 0.6 is 27.3 Å². The molecule has 1 aromatic heterocycles. The molecule has 0 aliphatic rings. The lowest BCUT2D eigenvalue weighted by molar-refractivity contribution is -0.107. The van der Waals surface area contributed by atoms with E-state index in [1.165, 1.54) is 0 Å². The molecule has 0 amide bonds. The van der Waals surface area contributed by atoms with Crippen molar-refractivity contribution in [2.24, 2.45) is 0 Å². The van der Waals surface area contributed by atoms with Crippen LogP contribution in [0.2, 0.25) is 0 Å². The standard InChI is InChI=1S/C7H8BrNOS/c8-7-9-6(5-11-7)3-1-2-4-10/h4-5H,1-3H2. The molecule has 0 bridgehead atoms. The maximum atomic E-state index is 9.97. The van der Waals surface area contributed by atoms with E-state index in [0.717, 1.165) is 28.7 Å². The summed E-state index contributed by atoms with van der Waals surface area (Å²) < 4.78 is 0.915. The summed E-state index contributed by atoms with van der Waals surface area (Å²) in [5.41, 5.74) is 1.07. The van der Waals surface area contributed by atoms with Crippen molar-refractivity contribution >= 4 is 33.6 Å². The van der Waals surface area contributed by atoms with Crippen LogP contribution in [0.25, 0.3) is 0 Å². The Morgan fingerprint density at radius 3 is 3.09 bits per heavy atom. The number of thiazole rings is 1. The van der Waals surface area contributed by atoms with E-state index >= 15 is 0 Å². The zero-order valence-corrected chi connectivity index (χ0v) is 8.32. The Balaban J connectivity index is 2.32. The topological polar surface area (TPSA) is 30.0 Å². The van der Waals surface area contributed by atoms with Gasteiger partial charge >= 0.3 is 0 Å². The van der Waals surface area contributed by atoms with Crippen LogP contribution in [0, 0.1) is 0 Å². The summed E-state index contributed by atoms with van der Waals surface area (Å²) in [6, 6.07) is 0. The van der Waals surface area contributed by atoms with Gasteiger partial charge in [-0.05, 0) is 28.8 Å². The number of carbonyl (C=O) groups excluding carboxylic acids is 1. The minimum absolute atomic E-state index is 0.634. The predicted octanol–water partition coefficient (Wildman–Crippen LogP) is 2.43. The van der Waals surface area contributed by atoms with Gasteiger partial charge in [0.1, 0.15) is 6.29 Å². The van der Waals surface area contributed by atoms with Gasteiger partial charge in [-0.15, -0.1) is 11.3 Å². The van der Waals surface area contributed by atoms with Crippen molar-refractivity contribution in [3.63, 3.8) is 0 Å². The summed E-state index contributed by atoms with van der Waals surface area (Å²) in [5.74, 6) is 0. The van der Waals surface area contributed by atoms with E-state index in [0.29, 0.717) is 6.42 Å². The van der Waals surface area contributed by atoms with Gasteiger partial charge in [0, 0.05) is 11.8 Å². The Morgan fingerprint density at radius 1 is 1.73 bits per heavy atom. The van der Waals surface area contributed by atoms with E-state index in [9.17, 15) is 4.79 Å². The average Bonchev–Trinajstić information content (AvgIpc) is 2.37. The molecule has 60 valence electrons. The van der Waals surface area contributed by atoms with Crippen molar-refractivity contribution in [1.29, 1.82) is 0 Å². The van der Waals surface area contributed by atoms with Crippen molar-refractivity contribution in [2.45, 2.75) is 19.3 Å². The molecule has 0 radical (unpaired) electrons. The second kappa shape index (κ2) is 4.62. The highest BCUT2D eigenvalue weighted by molar-refractivity contribution is 9.11. The highest BCUT2D eigenvalue weighted by Gasteiger charge is 1.97. The summed E-state index contributed by atoms with van der Waals surface area (Å²) in [7, 11) is 0. The number of aromatic nitrogens is 1. The number of halogens is 1. The lowest BCUT2D eigenvalue weighted by Crippen LogP contribution is -1.85. The Kier molecular flexibility index (Phi) is 3.72. The van der Waals surface area contributed by atoms with Gasteiger partial charge in [0.15, 0.2) is 3.92 Å². The molecule has 0 fully saturated rings. The molecule has 11 heavy (non-hydrogen) atoms. The molecule has 0 spiro atoms. The number of hydrogen-bond donors (Lipinski definition) is 0. The molecule has 0 unspecified atom stereocenters. The third-order valence-corrected chi connectivity index (χ3v) is 2.69. The van der Waals surface area contributed by atoms with Crippen LogP contribution in [0.1, 0.15) is 18.5 Å². The lowest BCUT2D eigenvalue weighted by atomic mass is 10.2. The number of aryl methyl sites for hydroxylation is 1. The smallest absolute Gasteiger partial charge is 0.159 e. The van der Waals surface area contributed by atoms with Gasteiger partial charge in [0.05, 0.1) is 5.69 Å². The first-order chi connectivity index (χ1) is 5.33. The first kappa shape index (κ1) is 8.87. The van der Waals surface area contributed by atoms with E-state index in [-0.39, 0.29) is 0 Å². The summed E-state index contributed by atoms with van der Waals surface area (Å²) in [4.78, 5) is 14.2. The van der Waals surface area contributed by atoms with Crippen molar-refractivity contribution in [1.82, 2.24) is 4.98 Å². The minimum Gasteiger partial charge on any atom is -0.303 e. The average molecular weight is 234 g/mol. The van der Waals surface area contributed by atoms with E-state index < -0.39 is 0 Å². The quantitative estimate of drug-likeness (QED) is 0.591. The van der Waals surface area contributed by atoms with Crippen LogP contribution < -0.4 is 0 Å². The van der Waals surface area contributed by atoms with Gasteiger partial charge in [-0.2, -0.15) is 0 Å². The summed E-state index contributed by atoms with van der Waals surface area (Å²) in [5, 5.41) is 2.01. The molecule has 0 aliphatic heterocycles. The molecular weight excluding hydrogens is 226 g/mol. The second-order valence-corrected chi connectivity index (χ2v) is 4.28. The number of rotatable bonds is 4. The fourth-order valence-electron chi connectivity index (χ4n) is 0.764. The van der Waals surface area contributed by atoms with Crippen LogP contribution in [-0.2, 0) is 11.2 Å². The van der Waals surface area contributed by atoms with Gasteiger partial charge in [0.2, 0.25) is 0 Å². The summed E-state index contributed by atoms with van der Waals surface area (Å²) >= 11 is 4.86. The van der Waals surface area contributed by atoms with Crippen molar-refractivity contribution in [3.8, 4) is 0 Å². The molecule has 2 nitrogen and oxygen atoms in total. The van der Waals surface area contributed by atoms with Crippen LogP contribution in [0.5, 0.6) is 0 Å². The minimum atomic E-state index is 0.634. The fraction of sp³-hybridized carbons (Fsp3) is 0.429. The molecule has 0 saturated heterocycles. The maximum absolute atomic E-state index is 9.97. The summed E-state index contributed by atoms with van der Waals surface area (Å²) in [6.07, 6.45) is 3.39. The normalized spacial score (nSPS) is 9.91. The third kappa shape index (κ3) is 3.12.